The predicted molar refractivity (Wildman–Crippen MR) is 112 cm³/mol. The van der Waals surface area contributed by atoms with Crippen LogP contribution in [-0.4, -0.2) is 35.5 Å². The summed E-state index contributed by atoms with van der Waals surface area (Å²) >= 11 is 0. The highest BCUT2D eigenvalue weighted by molar-refractivity contribution is 5.89. The maximum absolute atomic E-state index is 12.6. The molecule has 0 aliphatic carbocycles. The summed E-state index contributed by atoms with van der Waals surface area (Å²) < 4.78 is 11.2. The van der Waals surface area contributed by atoms with E-state index in [9.17, 15) is 9.59 Å². The van der Waals surface area contributed by atoms with E-state index >= 15 is 0 Å². The van der Waals surface area contributed by atoms with Crippen LogP contribution in [0.1, 0.15) is 62.1 Å². The van der Waals surface area contributed by atoms with E-state index in [0.29, 0.717) is 11.3 Å². The minimum atomic E-state index is -0.389. The zero-order valence-corrected chi connectivity index (χ0v) is 17.3. The molecule has 29 heavy (non-hydrogen) atoms. The first-order chi connectivity index (χ1) is 14.0. The highest BCUT2D eigenvalue weighted by atomic mass is 16.5. The van der Waals surface area contributed by atoms with E-state index in [2.05, 4.69) is 13.8 Å². The maximum atomic E-state index is 12.6. The molecule has 0 radical (unpaired) electrons. The van der Waals surface area contributed by atoms with Crippen LogP contribution in [0.25, 0.3) is 0 Å². The van der Waals surface area contributed by atoms with E-state index in [1.54, 1.807) is 24.3 Å². The fourth-order valence-corrected chi connectivity index (χ4v) is 3.84. The van der Waals surface area contributed by atoms with E-state index in [0.717, 1.165) is 24.8 Å². The van der Waals surface area contributed by atoms with Crippen LogP contribution in [0.2, 0.25) is 0 Å². The van der Waals surface area contributed by atoms with Gasteiger partial charge < -0.3 is 14.4 Å². The summed E-state index contributed by atoms with van der Waals surface area (Å²) in [6.07, 6.45) is 2.90. The third-order valence-corrected chi connectivity index (χ3v) is 5.49. The number of esters is 1. The monoisotopic (exact) mass is 395 g/mol. The molecule has 3 rings (SSSR count). The van der Waals surface area contributed by atoms with Crippen LogP contribution in [0.3, 0.4) is 0 Å². The lowest BCUT2D eigenvalue weighted by atomic mass is 9.97. The van der Waals surface area contributed by atoms with Crippen LogP contribution in [0.4, 0.5) is 0 Å². The second-order valence-electron chi connectivity index (χ2n) is 7.70. The minimum Gasteiger partial charge on any atom is -0.484 e. The molecule has 154 valence electrons. The Morgan fingerprint density at radius 2 is 1.62 bits per heavy atom. The second-order valence-corrected chi connectivity index (χ2v) is 7.70. The summed E-state index contributed by atoms with van der Waals surface area (Å²) in [5.74, 6) is 0.174. The summed E-state index contributed by atoms with van der Waals surface area (Å²) in [4.78, 5) is 26.8. The number of piperidine rings is 1. The molecule has 0 aromatic heterocycles. The van der Waals surface area contributed by atoms with E-state index in [-0.39, 0.29) is 36.7 Å². The number of carbonyl (C=O) groups is 2. The standard InChI is InChI=1S/C24H29NO4/c1-17-8-7-9-18(2)25(17)23(26)16-28-22-14-12-21(13-15-22)24(27)29-19(3)20-10-5-4-6-11-20/h4-6,10-15,17-19H,7-9,16H2,1-3H3. The maximum Gasteiger partial charge on any atom is 0.338 e. The Balaban J connectivity index is 1.53. The molecule has 2 aromatic rings. The predicted octanol–water partition coefficient (Wildman–Crippen LogP) is 4.77. The highest BCUT2D eigenvalue weighted by Crippen LogP contribution is 2.23. The topological polar surface area (TPSA) is 55.8 Å². The quantitative estimate of drug-likeness (QED) is 0.661. The number of benzene rings is 2. The summed E-state index contributed by atoms with van der Waals surface area (Å²) in [7, 11) is 0. The van der Waals surface area contributed by atoms with Crippen molar-refractivity contribution < 1.29 is 19.1 Å². The van der Waals surface area contributed by atoms with Gasteiger partial charge in [0, 0.05) is 12.1 Å². The Hall–Kier alpha value is -2.82. The molecule has 1 amide bonds. The van der Waals surface area contributed by atoms with Gasteiger partial charge in [-0.25, -0.2) is 4.79 Å². The Labute approximate surface area is 172 Å². The van der Waals surface area contributed by atoms with Gasteiger partial charge in [0.25, 0.3) is 5.91 Å². The molecule has 1 aliphatic rings. The summed E-state index contributed by atoms with van der Waals surface area (Å²) in [6, 6.07) is 16.8. The van der Waals surface area contributed by atoms with Crippen molar-refractivity contribution in [1.29, 1.82) is 0 Å². The van der Waals surface area contributed by atoms with Gasteiger partial charge in [0.15, 0.2) is 6.61 Å². The van der Waals surface area contributed by atoms with Crippen molar-refractivity contribution in [2.45, 2.75) is 58.2 Å². The molecule has 5 nitrogen and oxygen atoms in total. The normalized spacial score (nSPS) is 20.0. The van der Waals surface area contributed by atoms with Crippen molar-refractivity contribution in [3.05, 3.63) is 65.7 Å². The molecule has 3 unspecified atom stereocenters. The van der Waals surface area contributed by atoms with Gasteiger partial charge >= 0.3 is 5.97 Å². The molecule has 5 heteroatoms. The highest BCUT2D eigenvalue weighted by Gasteiger charge is 2.29. The van der Waals surface area contributed by atoms with Crippen LogP contribution < -0.4 is 4.74 Å². The summed E-state index contributed by atoms with van der Waals surface area (Å²) in [5, 5.41) is 0. The minimum absolute atomic E-state index is 0.00349. The molecular formula is C24H29NO4. The van der Waals surface area contributed by atoms with E-state index in [4.69, 9.17) is 9.47 Å². The van der Waals surface area contributed by atoms with Gasteiger partial charge in [-0.05, 0) is 69.9 Å². The molecule has 2 aromatic carbocycles. The van der Waals surface area contributed by atoms with Crippen molar-refractivity contribution in [1.82, 2.24) is 4.90 Å². The van der Waals surface area contributed by atoms with Crippen LogP contribution in [0, 0.1) is 0 Å². The van der Waals surface area contributed by atoms with Crippen molar-refractivity contribution >= 4 is 11.9 Å². The molecule has 1 aliphatic heterocycles. The lowest BCUT2D eigenvalue weighted by Gasteiger charge is -2.38. The summed E-state index contributed by atoms with van der Waals surface area (Å²) in [5.41, 5.74) is 1.39. The Bertz CT molecular complexity index is 809. The van der Waals surface area contributed by atoms with Crippen LogP contribution in [-0.2, 0) is 9.53 Å². The number of nitrogens with zero attached hydrogens (tertiary/aromatic N) is 1. The Morgan fingerprint density at radius 3 is 2.24 bits per heavy atom. The zero-order valence-electron chi connectivity index (χ0n) is 17.3. The number of carbonyl (C=O) groups excluding carboxylic acids is 2. The molecule has 0 saturated carbocycles. The number of amides is 1. The number of rotatable bonds is 6. The Kier molecular flexibility index (Phi) is 6.91. The van der Waals surface area contributed by atoms with Gasteiger partial charge in [-0.2, -0.15) is 0 Å². The smallest absolute Gasteiger partial charge is 0.338 e. The fourth-order valence-electron chi connectivity index (χ4n) is 3.84. The molecule has 1 heterocycles. The lowest BCUT2D eigenvalue weighted by Crippen LogP contribution is -2.49. The van der Waals surface area contributed by atoms with E-state index in [1.807, 2.05) is 42.2 Å². The third-order valence-electron chi connectivity index (χ3n) is 5.49. The first kappa shape index (κ1) is 20.9. The number of hydrogen-bond donors (Lipinski definition) is 0. The number of likely N-dealkylation sites (tertiary alicyclic amines) is 1. The molecule has 1 saturated heterocycles. The fraction of sp³-hybridized carbons (Fsp3) is 0.417. The molecule has 0 N–H and O–H groups in total. The van der Waals surface area contributed by atoms with Gasteiger partial charge in [-0.1, -0.05) is 30.3 Å². The van der Waals surface area contributed by atoms with Gasteiger partial charge in [0.2, 0.25) is 0 Å². The van der Waals surface area contributed by atoms with E-state index in [1.165, 1.54) is 0 Å². The molecule has 1 fully saturated rings. The first-order valence-corrected chi connectivity index (χ1v) is 10.3. The van der Waals surface area contributed by atoms with Crippen molar-refractivity contribution in [3.63, 3.8) is 0 Å². The van der Waals surface area contributed by atoms with Gasteiger partial charge in [-0.3, -0.25) is 4.79 Å². The lowest BCUT2D eigenvalue weighted by molar-refractivity contribution is -0.139. The van der Waals surface area contributed by atoms with Gasteiger partial charge in [0.1, 0.15) is 11.9 Å². The van der Waals surface area contributed by atoms with Crippen LogP contribution in [0.15, 0.2) is 54.6 Å². The SMILES string of the molecule is CC(OC(=O)c1ccc(OCC(=O)N2C(C)CCCC2C)cc1)c1ccccc1. The van der Waals surface area contributed by atoms with Gasteiger partial charge in [0.05, 0.1) is 5.56 Å². The van der Waals surface area contributed by atoms with E-state index < -0.39 is 0 Å². The second kappa shape index (κ2) is 9.59. The summed E-state index contributed by atoms with van der Waals surface area (Å²) in [6.45, 7) is 6.03. The zero-order chi connectivity index (χ0) is 20.8. The average Bonchev–Trinajstić information content (AvgIpc) is 2.73. The molecule has 0 bridgehead atoms. The third kappa shape index (κ3) is 5.37. The van der Waals surface area contributed by atoms with Crippen molar-refractivity contribution in [3.8, 4) is 5.75 Å². The van der Waals surface area contributed by atoms with Crippen LogP contribution in [0.5, 0.6) is 5.75 Å². The largest absolute Gasteiger partial charge is 0.484 e. The first-order valence-electron chi connectivity index (χ1n) is 10.3. The average molecular weight is 395 g/mol. The van der Waals surface area contributed by atoms with Crippen LogP contribution >= 0.6 is 0 Å². The van der Waals surface area contributed by atoms with Crippen molar-refractivity contribution in [2.24, 2.45) is 0 Å². The Morgan fingerprint density at radius 1 is 1.00 bits per heavy atom. The molecular weight excluding hydrogens is 366 g/mol. The number of ether oxygens (including phenoxy) is 2. The number of hydrogen-bond acceptors (Lipinski definition) is 4. The molecule has 3 atom stereocenters. The molecule has 0 spiro atoms. The van der Waals surface area contributed by atoms with Gasteiger partial charge in [-0.15, -0.1) is 0 Å². The van der Waals surface area contributed by atoms with Crippen molar-refractivity contribution in [2.75, 3.05) is 6.61 Å².